The van der Waals surface area contributed by atoms with E-state index in [0.717, 1.165) is 19.0 Å². The van der Waals surface area contributed by atoms with Gasteiger partial charge in [0, 0.05) is 6.54 Å². The second-order valence-electron chi connectivity index (χ2n) is 3.51. The first kappa shape index (κ1) is 14.0. The maximum Gasteiger partial charge on any atom is 0.239 e. The molecule has 1 aromatic heterocycles. The highest BCUT2D eigenvalue weighted by Gasteiger charge is 2.05. The molecule has 0 amide bonds. The molecule has 0 bridgehead atoms. The molecule has 17 heavy (non-hydrogen) atoms. The third-order valence-electron chi connectivity index (χ3n) is 2.19. The Hall–Kier alpha value is -1.08. The van der Waals surface area contributed by atoms with Crippen molar-refractivity contribution in [3.8, 4) is 0 Å². The summed E-state index contributed by atoms with van der Waals surface area (Å²) in [6, 6.07) is 0. The molecule has 1 aromatic rings. The number of aromatic nitrogens is 2. The van der Waals surface area contributed by atoms with Gasteiger partial charge < -0.3 is 5.32 Å². The lowest BCUT2D eigenvalue weighted by molar-refractivity contribution is 0.615. The highest BCUT2D eigenvalue weighted by atomic mass is 32.2. The molecule has 0 spiro atoms. The first-order valence-corrected chi connectivity index (χ1v) is 6.89. The number of hydrazine groups is 1. The van der Waals surface area contributed by atoms with E-state index in [4.69, 9.17) is 5.84 Å². The lowest BCUT2D eigenvalue weighted by atomic mass is 10.2. The van der Waals surface area contributed by atoms with Crippen molar-refractivity contribution in [2.45, 2.75) is 19.3 Å². The summed E-state index contributed by atoms with van der Waals surface area (Å²) < 4.78 is 13.3. The summed E-state index contributed by atoms with van der Waals surface area (Å²) in [5.41, 5.74) is 2.28. The van der Waals surface area contributed by atoms with Gasteiger partial charge in [-0.05, 0) is 24.9 Å². The average molecular weight is 259 g/mol. The topological polar surface area (TPSA) is 75.9 Å². The second-order valence-corrected chi connectivity index (χ2v) is 4.50. The van der Waals surface area contributed by atoms with Gasteiger partial charge in [-0.3, -0.25) is 5.43 Å². The number of nitrogens with one attached hydrogen (secondary N) is 2. The van der Waals surface area contributed by atoms with Crippen LogP contribution in [0.3, 0.4) is 0 Å². The molecule has 0 aliphatic carbocycles. The van der Waals surface area contributed by atoms with Crippen LogP contribution in [0.2, 0.25) is 0 Å². The molecule has 0 aromatic carbocycles. The molecule has 7 heteroatoms. The summed E-state index contributed by atoms with van der Waals surface area (Å²) in [5, 5.41) is 2.94. The lowest BCUT2D eigenvalue weighted by Gasteiger charge is -2.07. The smallest absolute Gasteiger partial charge is 0.239 e. The molecule has 1 heterocycles. The van der Waals surface area contributed by atoms with Crippen LogP contribution in [0.1, 0.15) is 19.3 Å². The molecule has 4 N–H and O–H groups in total. The summed E-state index contributed by atoms with van der Waals surface area (Å²) in [6.07, 6.45) is 6.50. The molecular weight excluding hydrogens is 241 g/mol. The fourth-order valence-corrected chi connectivity index (χ4v) is 1.81. The van der Waals surface area contributed by atoms with E-state index in [-0.39, 0.29) is 11.8 Å². The molecule has 0 fully saturated rings. The summed E-state index contributed by atoms with van der Waals surface area (Å²) in [5.74, 6) is 6.25. The van der Waals surface area contributed by atoms with E-state index in [1.807, 2.05) is 11.8 Å². The Morgan fingerprint density at radius 3 is 2.94 bits per heavy atom. The second kappa shape index (κ2) is 8.08. The third kappa shape index (κ3) is 5.18. The van der Waals surface area contributed by atoms with Gasteiger partial charge in [-0.1, -0.05) is 6.42 Å². The van der Waals surface area contributed by atoms with Crippen LogP contribution in [0.4, 0.5) is 16.2 Å². The number of nitrogens with zero attached hydrogens (tertiary/aromatic N) is 2. The largest absolute Gasteiger partial charge is 0.367 e. The van der Waals surface area contributed by atoms with Gasteiger partial charge in [-0.15, -0.1) is 0 Å². The number of hydrogen-bond acceptors (Lipinski definition) is 6. The Balaban J connectivity index is 2.30. The normalized spacial score (nSPS) is 10.3. The van der Waals surface area contributed by atoms with Gasteiger partial charge in [0.2, 0.25) is 5.95 Å². The van der Waals surface area contributed by atoms with Crippen LogP contribution in [-0.2, 0) is 0 Å². The van der Waals surface area contributed by atoms with Crippen molar-refractivity contribution >= 4 is 23.5 Å². The zero-order valence-electron chi connectivity index (χ0n) is 9.87. The van der Waals surface area contributed by atoms with E-state index in [2.05, 4.69) is 27.0 Å². The molecule has 1 rings (SSSR count). The van der Waals surface area contributed by atoms with Gasteiger partial charge in [-0.2, -0.15) is 16.7 Å². The van der Waals surface area contributed by atoms with E-state index < -0.39 is 5.82 Å². The maximum atomic E-state index is 13.3. The van der Waals surface area contributed by atoms with Crippen LogP contribution in [-0.4, -0.2) is 28.5 Å². The van der Waals surface area contributed by atoms with Crippen LogP contribution in [0.15, 0.2) is 6.20 Å². The van der Waals surface area contributed by atoms with Gasteiger partial charge >= 0.3 is 0 Å². The zero-order valence-corrected chi connectivity index (χ0v) is 10.7. The molecular formula is C10H18FN5S. The van der Waals surface area contributed by atoms with Crippen LogP contribution >= 0.6 is 11.8 Å². The molecule has 0 unspecified atom stereocenters. The lowest BCUT2D eigenvalue weighted by Crippen LogP contribution is -2.13. The van der Waals surface area contributed by atoms with Crippen molar-refractivity contribution in [1.82, 2.24) is 9.97 Å². The quantitative estimate of drug-likeness (QED) is 0.376. The standard InChI is InChI=1S/C10H18FN5S/c1-17-6-4-2-3-5-13-9-8(11)7-14-10(15-9)16-12/h7H,2-6,12H2,1H3,(H2,13,14,15,16). The number of thioether (sulfide) groups is 1. The number of unbranched alkanes of at least 4 members (excludes halogenated alkanes) is 2. The molecule has 0 saturated heterocycles. The molecule has 5 nitrogen and oxygen atoms in total. The highest BCUT2D eigenvalue weighted by molar-refractivity contribution is 7.98. The van der Waals surface area contributed by atoms with Crippen molar-refractivity contribution in [3.05, 3.63) is 12.0 Å². The maximum absolute atomic E-state index is 13.3. The number of anilines is 2. The minimum atomic E-state index is -0.465. The average Bonchev–Trinajstić information content (AvgIpc) is 2.35. The Kier molecular flexibility index (Phi) is 6.64. The van der Waals surface area contributed by atoms with E-state index in [1.54, 1.807) is 0 Å². The van der Waals surface area contributed by atoms with Crippen LogP contribution < -0.4 is 16.6 Å². The number of nitrogens with two attached hydrogens (primary N) is 1. The Morgan fingerprint density at radius 1 is 1.41 bits per heavy atom. The summed E-state index contributed by atoms with van der Waals surface area (Å²) in [4.78, 5) is 7.55. The van der Waals surface area contributed by atoms with E-state index in [0.29, 0.717) is 6.54 Å². The van der Waals surface area contributed by atoms with Crippen molar-refractivity contribution in [3.63, 3.8) is 0 Å². The molecule has 0 aliphatic heterocycles. The molecule has 0 aliphatic rings. The highest BCUT2D eigenvalue weighted by Crippen LogP contribution is 2.11. The molecule has 96 valence electrons. The minimum absolute atomic E-state index is 0.192. The third-order valence-corrected chi connectivity index (χ3v) is 2.89. The first-order chi connectivity index (χ1) is 8.27. The van der Waals surface area contributed by atoms with Gasteiger partial charge in [0.15, 0.2) is 11.6 Å². The Morgan fingerprint density at radius 2 is 2.24 bits per heavy atom. The monoisotopic (exact) mass is 259 g/mol. The van der Waals surface area contributed by atoms with Crippen LogP contribution in [0.5, 0.6) is 0 Å². The van der Waals surface area contributed by atoms with E-state index in [1.165, 1.54) is 12.2 Å². The van der Waals surface area contributed by atoms with E-state index >= 15 is 0 Å². The van der Waals surface area contributed by atoms with Gasteiger partial charge in [0.05, 0.1) is 6.20 Å². The predicted octanol–water partition coefficient (Wildman–Crippen LogP) is 1.85. The van der Waals surface area contributed by atoms with Gasteiger partial charge in [0.1, 0.15) is 0 Å². The van der Waals surface area contributed by atoms with Gasteiger partial charge in [0.25, 0.3) is 0 Å². The minimum Gasteiger partial charge on any atom is -0.367 e. The number of nitrogen functional groups attached to an aromatic ring is 1. The van der Waals surface area contributed by atoms with Crippen LogP contribution in [0.25, 0.3) is 0 Å². The summed E-state index contributed by atoms with van der Waals surface area (Å²) in [7, 11) is 0. The van der Waals surface area contributed by atoms with Crippen molar-refractivity contribution in [1.29, 1.82) is 0 Å². The first-order valence-electron chi connectivity index (χ1n) is 5.50. The van der Waals surface area contributed by atoms with Crippen LogP contribution in [0, 0.1) is 5.82 Å². The van der Waals surface area contributed by atoms with Gasteiger partial charge in [-0.25, -0.2) is 15.2 Å². The summed E-state index contributed by atoms with van der Waals surface area (Å²) in [6.45, 7) is 0.701. The Labute approximate surface area is 105 Å². The fourth-order valence-electron chi connectivity index (χ4n) is 1.32. The predicted molar refractivity (Wildman–Crippen MR) is 70.5 cm³/mol. The number of hydrogen-bond donors (Lipinski definition) is 3. The SMILES string of the molecule is CSCCCCCNc1nc(NN)ncc1F. The van der Waals surface area contributed by atoms with Crippen molar-refractivity contribution in [2.24, 2.45) is 5.84 Å². The van der Waals surface area contributed by atoms with Crippen molar-refractivity contribution in [2.75, 3.05) is 29.3 Å². The molecule has 0 atom stereocenters. The fraction of sp³-hybridized carbons (Fsp3) is 0.600. The Bertz CT molecular complexity index is 336. The molecule has 0 radical (unpaired) electrons. The zero-order chi connectivity index (χ0) is 12.5. The number of halogens is 1. The number of rotatable bonds is 8. The van der Waals surface area contributed by atoms with Crippen molar-refractivity contribution < 1.29 is 4.39 Å². The molecule has 0 saturated carbocycles. The summed E-state index contributed by atoms with van der Waals surface area (Å²) >= 11 is 1.84. The van der Waals surface area contributed by atoms with E-state index in [9.17, 15) is 4.39 Å².